The Morgan fingerprint density at radius 1 is 1.00 bits per heavy atom. The number of hydrogen-bond acceptors (Lipinski definition) is 3. The maximum Gasteiger partial charge on any atom is 0.202 e. The van der Waals surface area contributed by atoms with Gasteiger partial charge in [0.2, 0.25) is 5.78 Å². The van der Waals surface area contributed by atoms with Gasteiger partial charge in [0.1, 0.15) is 15.1 Å². The van der Waals surface area contributed by atoms with Crippen molar-refractivity contribution in [2.24, 2.45) is 0 Å². The van der Waals surface area contributed by atoms with E-state index in [0.29, 0.717) is 21.5 Å². The molecule has 0 aliphatic heterocycles. The zero-order chi connectivity index (χ0) is 15.9. The standard InChI is InChI=1S/C18H17IO3/c1-3-22-18(14-7-5-4-6-8-14)16(19)17(20)13-9-11-15(21-2)12-10-13/h4-12H,3H2,1-2H3/b18-16-. The maximum absolute atomic E-state index is 12.6. The molecule has 0 spiro atoms. The van der Waals surface area contributed by atoms with E-state index in [-0.39, 0.29) is 5.78 Å². The summed E-state index contributed by atoms with van der Waals surface area (Å²) in [5, 5.41) is 0. The Bertz CT molecular complexity index is 660. The van der Waals surface area contributed by atoms with Crippen LogP contribution in [0, 0.1) is 0 Å². The van der Waals surface area contributed by atoms with Gasteiger partial charge in [0.15, 0.2) is 0 Å². The van der Waals surface area contributed by atoms with Gasteiger partial charge in [0.25, 0.3) is 0 Å². The zero-order valence-electron chi connectivity index (χ0n) is 12.5. The first-order valence-electron chi connectivity index (χ1n) is 6.94. The van der Waals surface area contributed by atoms with E-state index in [4.69, 9.17) is 9.47 Å². The van der Waals surface area contributed by atoms with Crippen LogP contribution < -0.4 is 4.74 Å². The molecule has 0 heterocycles. The monoisotopic (exact) mass is 408 g/mol. The highest BCUT2D eigenvalue weighted by Crippen LogP contribution is 2.28. The summed E-state index contributed by atoms with van der Waals surface area (Å²) in [5.74, 6) is 1.28. The molecular formula is C18H17IO3. The molecule has 0 unspecified atom stereocenters. The minimum absolute atomic E-state index is 0.0597. The van der Waals surface area contributed by atoms with Crippen LogP contribution >= 0.6 is 22.6 Å². The first-order valence-corrected chi connectivity index (χ1v) is 8.02. The summed E-state index contributed by atoms with van der Waals surface area (Å²) in [6.45, 7) is 2.41. The molecule has 3 nitrogen and oxygen atoms in total. The van der Waals surface area contributed by atoms with Crippen LogP contribution in [0.2, 0.25) is 0 Å². The maximum atomic E-state index is 12.6. The van der Waals surface area contributed by atoms with Crippen molar-refractivity contribution in [2.75, 3.05) is 13.7 Å². The van der Waals surface area contributed by atoms with Crippen LogP contribution in [0.15, 0.2) is 58.2 Å². The Balaban J connectivity index is 2.38. The van der Waals surface area contributed by atoms with Gasteiger partial charge in [-0.3, -0.25) is 4.79 Å². The average Bonchev–Trinajstić information content (AvgIpc) is 2.59. The molecule has 22 heavy (non-hydrogen) atoms. The zero-order valence-corrected chi connectivity index (χ0v) is 14.7. The van der Waals surface area contributed by atoms with Gasteiger partial charge in [0, 0.05) is 11.1 Å². The summed E-state index contributed by atoms with van der Waals surface area (Å²) in [4.78, 5) is 12.6. The molecule has 0 aliphatic carbocycles. The lowest BCUT2D eigenvalue weighted by Gasteiger charge is -2.12. The summed E-state index contributed by atoms with van der Waals surface area (Å²) in [6, 6.07) is 16.7. The average molecular weight is 408 g/mol. The van der Waals surface area contributed by atoms with Crippen molar-refractivity contribution in [3.8, 4) is 5.75 Å². The van der Waals surface area contributed by atoms with Crippen LogP contribution in [0.5, 0.6) is 5.75 Å². The van der Waals surface area contributed by atoms with E-state index in [0.717, 1.165) is 11.3 Å². The first-order chi connectivity index (χ1) is 10.7. The lowest BCUT2D eigenvalue weighted by Crippen LogP contribution is -2.04. The minimum Gasteiger partial charge on any atom is -0.497 e. The summed E-state index contributed by atoms with van der Waals surface area (Å²) < 4.78 is 11.4. The normalized spacial score (nSPS) is 11.6. The fourth-order valence-electron chi connectivity index (χ4n) is 1.98. The van der Waals surface area contributed by atoms with E-state index in [1.807, 2.05) is 37.3 Å². The molecule has 114 valence electrons. The quantitative estimate of drug-likeness (QED) is 0.300. The van der Waals surface area contributed by atoms with E-state index in [9.17, 15) is 4.79 Å². The van der Waals surface area contributed by atoms with E-state index in [1.54, 1.807) is 31.4 Å². The van der Waals surface area contributed by atoms with Gasteiger partial charge in [-0.05, 0) is 53.8 Å². The fraction of sp³-hybridized carbons (Fsp3) is 0.167. The van der Waals surface area contributed by atoms with Crippen LogP contribution in [0.1, 0.15) is 22.8 Å². The number of methoxy groups -OCH3 is 1. The van der Waals surface area contributed by atoms with Crippen molar-refractivity contribution < 1.29 is 14.3 Å². The van der Waals surface area contributed by atoms with Gasteiger partial charge in [-0.15, -0.1) is 0 Å². The highest BCUT2D eigenvalue weighted by Gasteiger charge is 2.17. The lowest BCUT2D eigenvalue weighted by molar-refractivity contribution is 0.104. The number of carbonyl (C=O) groups is 1. The third-order valence-electron chi connectivity index (χ3n) is 3.08. The lowest BCUT2D eigenvalue weighted by atomic mass is 10.1. The number of ketones is 1. The second-order valence-electron chi connectivity index (χ2n) is 4.50. The Labute approximate surface area is 144 Å². The Kier molecular flexibility index (Phi) is 6.00. The molecule has 2 rings (SSSR count). The van der Waals surface area contributed by atoms with Crippen molar-refractivity contribution >= 4 is 34.1 Å². The molecule has 0 saturated carbocycles. The van der Waals surface area contributed by atoms with Gasteiger partial charge in [0.05, 0.1) is 13.7 Å². The topological polar surface area (TPSA) is 35.5 Å². The Hall–Kier alpha value is -1.82. The third kappa shape index (κ3) is 3.88. The highest BCUT2D eigenvalue weighted by atomic mass is 127. The largest absolute Gasteiger partial charge is 0.497 e. The predicted octanol–water partition coefficient (Wildman–Crippen LogP) is 4.72. The molecule has 0 radical (unpaired) electrons. The van der Waals surface area contributed by atoms with Gasteiger partial charge in [-0.1, -0.05) is 30.3 Å². The fourth-order valence-corrected chi connectivity index (χ4v) is 2.76. The highest BCUT2D eigenvalue weighted by molar-refractivity contribution is 14.1. The molecule has 0 aromatic heterocycles. The van der Waals surface area contributed by atoms with Gasteiger partial charge < -0.3 is 9.47 Å². The number of allylic oxidation sites excluding steroid dienone is 1. The van der Waals surface area contributed by atoms with Crippen molar-refractivity contribution in [3.05, 3.63) is 69.3 Å². The molecule has 0 N–H and O–H groups in total. The van der Waals surface area contributed by atoms with E-state index < -0.39 is 0 Å². The molecular weight excluding hydrogens is 391 g/mol. The van der Waals surface area contributed by atoms with E-state index in [2.05, 4.69) is 22.6 Å². The number of hydrogen-bond donors (Lipinski definition) is 0. The van der Waals surface area contributed by atoms with Crippen LogP contribution in [0.25, 0.3) is 5.76 Å². The smallest absolute Gasteiger partial charge is 0.202 e. The Morgan fingerprint density at radius 2 is 1.64 bits per heavy atom. The van der Waals surface area contributed by atoms with Crippen LogP contribution in [0.4, 0.5) is 0 Å². The molecule has 0 aliphatic rings. The number of Topliss-reactive ketones (excluding diaryl/α,β-unsaturated/α-hetero) is 1. The molecule has 0 atom stereocenters. The predicted molar refractivity (Wildman–Crippen MR) is 96.3 cm³/mol. The van der Waals surface area contributed by atoms with Gasteiger partial charge in [-0.2, -0.15) is 0 Å². The second kappa shape index (κ2) is 7.98. The van der Waals surface area contributed by atoms with Crippen molar-refractivity contribution in [2.45, 2.75) is 6.92 Å². The summed E-state index contributed by atoms with van der Waals surface area (Å²) >= 11 is 2.05. The SMILES string of the molecule is CCO/C(=C(\I)C(=O)c1ccc(OC)cc1)c1ccccc1. The molecule has 4 heteroatoms. The third-order valence-corrected chi connectivity index (χ3v) is 4.06. The number of halogens is 1. The number of carbonyl (C=O) groups excluding carboxylic acids is 1. The van der Waals surface area contributed by atoms with Crippen LogP contribution in [0.3, 0.4) is 0 Å². The molecule has 0 bridgehead atoms. The minimum atomic E-state index is -0.0597. The van der Waals surface area contributed by atoms with Crippen molar-refractivity contribution in [1.29, 1.82) is 0 Å². The van der Waals surface area contributed by atoms with Crippen molar-refractivity contribution in [1.82, 2.24) is 0 Å². The molecule has 2 aromatic carbocycles. The number of benzene rings is 2. The second-order valence-corrected chi connectivity index (χ2v) is 5.58. The summed E-state index contributed by atoms with van der Waals surface area (Å²) in [5.41, 5.74) is 1.51. The van der Waals surface area contributed by atoms with E-state index >= 15 is 0 Å². The molecule has 0 fully saturated rings. The summed E-state index contributed by atoms with van der Waals surface area (Å²) in [6.07, 6.45) is 0. The van der Waals surface area contributed by atoms with Crippen molar-refractivity contribution in [3.63, 3.8) is 0 Å². The molecule has 0 amide bonds. The molecule has 0 saturated heterocycles. The van der Waals surface area contributed by atoms with Gasteiger partial charge in [-0.25, -0.2) is 0 Å². The van der Waals surface area contributed by atoms with E-state index in [1.165, 1.54) is 0 Å². The Morgan fingerprint density at radius 3 is 2.18 bits per heavy atom. The number of rotatable bonds is 6. The first kappa shape index (κ1) is 16.5. The summed E-state index contributed by atoms with van der Waals surface area (Å²) in [7, 11) is 1.60. The van der Waals surface area contributed by atoms with Crippen LogP contribution in [-0.2, 0) is 4.74 Å². The molecule has 2 aromatic rings. The number of ether oxygens (including phenoxy) is 2. The van der Waals surface area contributed by atoms with Crippen LogP contribution in [-0.4, -0.2) is 19.5 Å². The van der Waals surface area contributed by atoms with Gasteiger partial charge >= 0.3 is 0 Å².